The van der Waals surface area contributed by atoms with E-state index in [1.165, 1.54) is 19.2 Å². The van der Waals surface area contributed by atoms with Crippen LogP contribution in [0.2, 0.25) is 0 Å². The van der Waals surface area contributed by atoms with Gasteiger partial charge in [-0.2, -0.15) is 5.10 Å². The third kappa shape index (κ3) is 4.99. The highest BCUT2D eigenvalue weighted by molar-refractivity contribution is 5.98. The van der Waals surface area contributed by atoms with Gasteiger partial charge in [-0.15, -0.1) is 0 Å². The molecule has 1 aromatic carbocycles. The number of nitrogens with one attached hydrogen (secondary N) is 1. The summed E-state index contributed by atoms with van der Waals surface area (Å²) in [7, 11) is 3.27. The molecule has 0 aliphatic heterocycles. The van der Waals surface area contributed by atoms with E-state index >= 15 is 0 Å². The Morgan fingerprint density at radius 1 is 1.25 bits per heavy atom. The van der Waals surface area contributed by atoms with Gasteiger partial charge in [0.2, 0.25) is 0 Å². The molecule has 36 heavy (non-hydrogen) atoms. The lowest BCUT2D eigenvalue weighted by Gasteiger charge is -2.28. The van der Waals surface area contributed by atoms with Crippen molar-refractivity contribution in [2.75, 3.05) is 13.7 Å². The molecule has 4 rings (SSSR count). The van der Waals surface area contributed by atoms with Gasteiger partial charge < -0.3 is 14.7 Å². The Hall–Kier alpha value is -4.41. The SMILES string of the molecule is CO/N=C(\C)c1ccnc(C(C)(CNC(=O)c2cc(-c3ccc(F)cc3F)on2)c2cnn(C)c2)c1. The number of oxime groups is 1. The van der Waals surface area contributed by atoms with Gasteiger partial charge in [-0.1, -0.05) is 10.3 Å². The van der Waals surface area contributed by atoms with Crippen LogP contribution in [0.5, 0.6) is 0 Å². The summed E-state index contributed by atoms with van der Waals surface area (Å²) in [4.78, 5) is 22.4. The summed E-state index contributed by atoms with van der Waals surface area (Å²) < 4.78 is 34.1. The van der Waals surface area contributed by atoms with Crippen LogP contribution in [0, 0.1) is 11.6 Å². The predicted molar refractivity (Wildman–Crippen MR) is 127 cm³/mol. The van der Waals surface area contributed by atoms with Gasteiger partial charge in [-0.25, -0.2) is 8.78 Å². The quantitative estimate of drug-likeness (QED) is 0.295. The molecule has 0 aliphatic carbocycles. The molecule has 3 aromatic heterocycles. The summed E-state index contributed by atoms with van der Waals surface area (Å²) in [5, 5.41) is 14.9. The number of carbonyl (C=O) groups is 1. The summed E-state index contributed by atoms with van der Waals surface area (Å²) in [6.45, 7) is 3.89. The monoisotopic (exact) mass is 494 g/mol. The van der Waals surface area contributed by atoms with E-state index in [0.29, 0.717) is 11.4 Å². The molecule has 0 spiro atoms. The van der Waals surface area contributed by atoms with E-state index in [-0.39, 0.29) is 23.6 Å². The van der Waals surface area contributed by atoms with E-state index in [9.17, 15) is 13.6 Å². The third-order valence-electron chi connectivity index (χ3n) is 5.86. The molecule has 0 bridgehead atoms. The summed E-state index contributed by atoms with van der Waals surface area (Å²) in [6, 6.07) is 8.05. The van der Waals surface area contributed by atoms with Crippen LogP contribution < -0.4 is 5.32 Å². The van der Waals surface area contributed by atoms with Crippen molar-refractivity contribution in [1.82, 2.24) is 25.2 Å². The highest BCUT2D eigenvalue weighted by Crippen LogP contribution is 2.31. The molecule has 4 aromatic rings. The molecule has 1 unspecified atom stereocenters. The molecule has 11 heteroatoms. The topological polar surface area (TPSA) is 107 Å². The highest BCUT2D eigenvalue weighted by atomic mass is 19.1. The molecule has 1 amide bonds. The van der Waals surface area contributed by atoms with Crippen molar-refractivity contribution in [3.8, 4) is 11.3 Å². The second-order valence-corrected chi connectivity index (χ2v) is 8.41. The molecule has 9 nitrogen and oxygen atoms in total. The van der Waals surface area contributed by atoms with Crippen LogP contribution in [0.4, 0.5) is 8.78 Å². The lowest BCUT2D eigenvalue weighted by Crippen LogP contribution is -2.40. The first-order chi connectivity index (χ1) is 17.2. The van der Waals surface area contributed by atoms with Crippen molar-refractivity contribution in [2.24, 2.45) is 12.2 Å². The van der Waals surface area contributed by atoms with Crippen molar-refractivity contribution in [3.05, 3.63) is 89.1 Å². The van der Waals surface area contributed by atoms with Crippen LogP contribution in [-0.2, 0) is 17.3 Å². The van der Waals surface area contributed by atoms with Crippen LogP contribution in [-0.4, -0.2) is 45.2 Å². The number of nitrogens with zero attached hydrogens (tertiary/aromatic N) is 5. The molecule has 0 radical (unpaired) electrons. The number of benzene rings is 1. The minimum Gasteiger partial charge on any atom is -0.399 e. The van der Waals surface area contributed by atoms with Crippen molar-refractivity contribution in [3.63, 3.8) is 0 Å². The number of amides is 1. The number of halogens is 2. The number of pyridine rings is 1. The van der Waals surface area contributed by atoms with Gasteiger partial charge in [0.25, 0.3) is 5.91 Å². The third-order valence-corrected chi connectivity index (χ3v) is 5.86. The first-order valence-electron chi connectivity index (χ1n) is 11.0. The van der Waals surface area contributed by atoms with Gasteiger partial charge in [0.05, 0.1) is 28.6 Å². The summed E-state index contributed by atoms with van der Waals surface area (Å²) in [5.41, 5.74) is 2.15. The summed E-state index contributed by atoms with van der Waals surface area (Å²) in [6.07, 6.45) is 5.22. The minimum atomic E-state index is -0.819. The fraction of sp³-hybridized carbons (Fsp3) is 0.240. The normalized spacial score (nSPS) is 13.3. The molecule has 0 fully saturated rings. The summed E-state index contributed by atoms with van der Waals surface area (Å²) in [5.74, 6) is -2.06. The van der Waals surface area contributed by atoms with E-state index in [1.807, 2.05) is 32.2 Å². The van der Waals surface area contributed by atoms with Crippen molar-refractivity contribution >= 4 is 11.6 Å². The first-order valence-corrected chi connectivity index (χ1v) is 11.0. The maximum absolute atomic E-state index is 14.1. The van der Waals surface area contributed by atoms with Crippen molar-refractivity contribution in [2.45, 2.75) is 19.3 Å². The number of hydrogen-bond donors (Lipinski definition) is 1. The average molecular weight is 495 g/mol. The zero-order valence-electron chi connectivity index (χ0n) is 20.1. The molecular formula is C25H24F2N6O3. The Kier molecular flexibility index (Phi) is 6.91. The smallest absolute Gasteiger partial charge is 0.273 e. The molecular weight excluding hydrogens is 470 g/mol. The van der Waals surface area contributed by atoms with Crippen molar-refractivity contribution < 1.29 is 22.9 Å². The summed E-state index contributed by atoms with van der Waals surface area (Å²) >= 11 is 0. The van der Waals surface area contributed by atoms with Gasteiger partial charge in [0.1, 0.15) is 18.7 Å². The minimum absolute atomic E-state index is 0.00254. The number of rotatable bonds is 8. The Labute approximate surface area is 205 Å². The molecule has 3 heterocycles. The van der Waals surface area contributed by atoms with Gasteiger partial charge in [0, 0.05) is 49.2 Å². The maximum Gasteiger partial charge on any atom is 0.273 e. The van der Waals surface area contributed by atoms with Gasteiger partial charge in [0.15, 0.2) is 11.5 Å². The zero-order chi connectivity index (χ0) is 25.9. The highest BCUT2D eigenvalue weighted by Gasteiger charge is 2.33. The van der Waals surface area contributed by atoms with Crippen molar-refractivity contribution in [1.29, 1.82) is 0 Å². The molecule has 186 valence electrons. The Morgan fingerprint density at radius 3 is 2.75 bits per heavy atom. The Morgan fingerprint density at radius 2 is 2.06 bits per heavy atom. The standard InChI is InChI=1S/C25H24F2N6O3/c1-15(31-35-4)16-7-8-28-23(9-16)25(2,17-12-30-33(3)13-17)14-29-24(34)21-11-22(36-32-21)19-6-5-18(26)10-20(19)27/h5-13H,14H2,1-4H3,(H,29,34)/b31-15+. The van der Waals surface area contributed by atoms with E-state index in [4.69, 9.17) is 9.36 Å². The van der Waals surface area contributed by atoms with Crippen LogP contribution in [0.15, 0.2) is 64.7 Å². The second kappa shape index (κ2) is 10.1. The van der Waals surface area contributed by atoms with E-state index in [2.05, 4.69) is 25.7 Å². The average Bonchev–Trinajstić information content (AvgIpc) is 3.52. The molecule has 0 saturated heterocycles. The molecule has 0 aliphatic rings. The fourth-order valence-corrected chi connectivity index (χ4v) is 3.74. The second-order valence-electron chi connectivity index (χ2n) is 8.41. The van der Waals surface area contributed by atoms with E-state index in [1.54, 1.807) is 24.1 Å². The number of hydrogen-bond acceptors (Lipinski definition) is 7. The predicted octanol–water partition coefficient (Wildman–Crippen LogP) is 3.85. The number of aromatic nitrogens is 4. The molecule has 0 saturated carbocycles. The van der Waals surface area contributed by atoms with Crippen LogP contribution in [0.1, 0.15) is 41.2 Å². The van der Waals surface area contributed by atoms with Gasteiger partial charge >= 0.3 is 0 Å². The maximum atomic E-state index is 14.1. The van der Waals surface area contributed by atoms with E-state index < -0.39 is 23.0 Å². The van der Waals surface area contributed by atoms with Gasteiger partial charge in [-0.3, -0.25) is 14.5 Å². The lowest BCUT2D eigenvalue weighted by atomic mass is 9.80. The fourth-order valence-electron chi connectivity index (χ4n) is 3.74. The Balaban J connectivity index is 1.61. The zero-order valence-corrected chi connectivity index (χ0v) is 20.1. The lowest BCUT2D eigenvalue weighted by molar-refractivity contribution is 0.0938. The van der Waals surface area contributed by atoms with Crippen LogP contribution in [0.3, 0.4) is 0 Å². The van der Waals surface area contributed by atoms with E-state index in [0.717, 1.165) is 23.3 Å². The Bertz CT molecular complexity index is 1430. The molecule has 1 N–H and O–H groups in total. The van der Waals surface area contributed by atoms with Gasteiger partial charge in [-0.05, 0) is 38.1 Å². The largest absolute Gasteiger partial charge is 0.399 e. The van der Waals surface area contributed by atoms with Crippen LogP contribution >= 0.6 is 0 Å². The number of carbonyl (C=O) groups excluding carboxylic acids is 1. The number of aryl methyl sites for hydroxylation is 1. The van der Waals surface area contributed by atoms with Crippen LogP contribution in [0.25, 0.3) is 11.3 Å². The molecule has 1 atom stereocenters. The first kappa shape index (κ1) is 24.7.